The van der Waals surface area contributed by atoms with Crippen LogP contribution in [0, 0.1) is 0 Å². The molecule has 140 valence electrons. The van der Waals surface area contributed by atoms with Gasteiger partial charge in [-0.3, -0.25) is 4.79 Å². The smallest absolute Gasteiger partial charge is 0.251 e. The number of carbonyl (C=O) groups excluding carboxylic acids is 1. The van der Waals surface area contributed by atoms with Crippen LogP contribution in [0.1, 0.15) is 29.8 Å². The van der Waals surface area contributed by atoms with Crippen molar-refractivity contribution in [1.82, 2.24) is 25.1 Å². The SMILES string of the molecule is COc1cc(C(=O)NCc2cccnc2-n2cncn2)ccc1OC(C)C. The lowest BCUT2D eigenvalue weighted by Gasteiger charge is -2.14. The molecule has 0 spiro atoms. The number of hydrogen-bond acceptors (Lipinski definition) is 6. The zero-order valence-corrected chi connectivity index (χ0v) is 15.4. The third-order valence-electron chi connectivity index (χ3n) is 3.73. The van der Waals surface area contributed by atoms with Crippen LogP contribution in [-0.2, 0) is 6.54 Å². The van der Waals surface area contributed by atoms with Gasteiger partial charge in [0.05, 0.1) is 13.2 Å². The average Bonchev–Trinajstić information content (AvgIpc) is 3.20. The van der Waals surface area contributed by atoms with Gasteiger partial charge in [0.15, 0.2) is 17.3 Å². The van der Waals surface area contributed by atoms with Crippen LogP contribution in [0.2, 0.25) is 0 Å². The van der Waals surface area contributed by atoms with Crippen molar-refractivity contribution >= 4 is 5.91 Å². The van der Waals surface area contributed by atoms with Crippen LogP contribution in [-0.4, -0.2) is 38.9 Å². The van der Waals surface area contributed by atoms with Crippen LogP contribution in [0.3, 0.4) is 0 Å². The van der Waals surface area contributed by atoms with Gasteiger partial charge in [-0.25, -0.2) is 14.6 Å². The molecule has 2 heterocycles. The molecule has 1 aromatic carbocycles. The molecule has 0 bridgehead atoms. The van der Waals surface area contributed by atoms with Crippen LogP contribution in [0.15, 0.2) is 49.2 Å². The number of ether oxygens (including phenoxy) is 2. The van der Waals surface area contributed by atoms with Gasteiger partial charge >= 0.3 is 0 Å². The standard InChI is InChI=1S/C19H21N5O3/c1-13(2)27-16-7-6-14(9-17(16)26-3)19(25)22-10-15-5-4-8-21-18(15)24-12-20-11-23-24/h4-9,11-13H,10H2,1-3H3,(H,22,25). The molecule has 3 aromatic rings. The van der Waals surface area contributed by atoms with Crippen molar-refractivity contribution in [2.45, 2.75) is 26.5 Å². The highest BCUT2D eigenvalue weighted by Gasteiger charge is 2.13. The van der Waals surface area contributed by atoms with E-state index < -0.39 is 0 Å². The number of nitrogens with one attached hydrogen (secondary N) is 1. The third kappa shape index (κ3) is 4.41. The van der Waals surface area contributed by atoms with E-state index >= 15 is 0 Å². The molecule has 0 saturated carbocycles. The Morgan fingerprint density at radius 2 is 2.11 bits per heavy atom. The summed E-state index contributed by atoms with van der Waals surface area (Å²) in [6, 6.07) is 8.79. The van der Waals surface area contributed by atoms with Crippen LogP contribution < -0.4 is 14.8 Å². The van der Waals surface area contributed by atoms with E-state index in [1.165, 1.54) is 6.33 Å². The number of rotatable bonds is 7. The van der Waals surface area contributed by atoms with Gasteiger partial charge in [-0.2, -0.15) is 5.10 Å². The molecular formula is C19H21N5O3. The van der Waals surface area contributed by atoms with Gasteiger partial charge in [-0.1, -0.05) is 6.07 Å². The van der Waals surface area contributed by atoms with Crippen molar-refractivity contribution in [3.63, 3.8) is 0 Å². The third-order valence-corrected chi connectivity index (χ3v) is 3.73. The quantitative estimate of drug-likeness (QED) is 0.689. The second-order valence-corrected chi connectivity index (χ2v) is 6.04. The summed E-state index contributed by atoms with van der Waals surface area (Å²) in [5, 5.41) is 6.98. The van der Waals surface area contributed by atoms with E-state index in [1.54, 1.807) is 42.5 Å². The number of carbonyl (C=O) groups is 1. The molecule has 3 rings (SSSR count). The van der Waals surface area contributed by atoms with Crippen LogP contribution in [0.4, 0.5) is 0 Å². The number of nitrogens with zero attached hydrogens (tertiary/aromatic N) is 4. The molecule has 0 saturated heterocycles. The summed E-state index contributed by atoms with van der Waals surface area (Å²) in [5.74, 6) is 1.51. The molecule has 1 N–H and O–H groups in total. The topological polar surface area (TPSA) is 91.2 Å². The van der Waals surface area contributed by atoms with Crippen LogP contribution in [0.25, 0.3) is 5.82 Å². The number of amides is 1. The van der Waals surface area contributed by atoms with Crippen LogP contribution in [0.5, 0.6) is 11.5 Å². The van der Waals surface area contributed by atoms with Gasteiger partial charge < -0.3 is 14.8 Å². The second-order valence-electron chi connectivity index (χ2n) is 6.04. The largest absolute Gasteiger partial charge is 0.493 e. The van der Waals surface area contributed by atoms with Crippen molar-refractivity contribution in [3.05, 3.63) is 60.3 Å². The van der Waals surface area contributed by atoms with E-state index in [2.05, 4.69) is 20.4 Å². The van der Waals surface area contributed by atoms with E-state index in [4.69, 9.17) is 9.47 Å². The molecule has 0 unspecified atom stereocenters. The summed E-state index contributed by atoms with van der Waals surface area (Å²) < 4.78 is 12.6. The summed E-state index contributed by atoms with van der Waals surface area (Å²) >= 11 is 0. The molecule has 0 aliphatic heterocycles. The van der Waals surface area contributed by atoms with Gasteiger partial charge in [0.1, 0.15) is 12.7 Å². The predicted octanol–water partition coefficient (Wildman–Crippen LogP) is 2.39. The van der Waals surface area contributed by atoms with Gasteiger partial charge in [0, 0.05) is 23.9 Å². The first-order valence-electron chi connectivity index (χ1n) is 8.50. The van der Waals surface area contributed by atoms with E-state index in [9.17, 15) is 4.79 Å². The predicted molar refractivity (Wildman–Crippen MR) is 99.1 cm³/mol. The van der Waals surface area contributed by atoms with E-state index in [1.807, 2.05) is 26.0 Å². The molecule has 0 atom stereocenters. The highest BCUT2D eigenvalue weighted by atomic mass is 16.5. The molecule has 0 aliphatic carbocycles. The Balaban J connectivity index is 1.74. The lowest BCUT2D eigenvalue weighted by Crippen LogP contribution is -2.24. The maximum absolute atomic E-state index is 12.6. The minimum atomic E-state index is -0.224. The average molecular weight is 367 g/mol. The second kappa shape index (κ2) is 8.31. The minimum Gasteiger partial charge on any atom is -0.493 e. The van der Waals surface area contributed by atoms with E-state index in [0.29, 0.717) is 29.4 Å². The summed E-state index contributed by atoms with van der Waals surface area (Å²) in [6.45, 7) is 4.16. The number of methoxy groups -OCH3 is 1. The first kappa shape index (κ1) is 18.4. The van der Waals surface area contributed by atoms with Crippen molar-refractivity contribution in [3.8, 4) is 17.3 Å². The van der Waals surface area contributed by atoms with Gasteiger partial charge in [-0.15, -0.1) is 0 Å². The first-order valence-corrected chi connectivity index (χ1v) is 8.50. The number of benzene rings is 1. The Kier molecular flexibility index (Phi) is 5.65. The lowest BCUT2D eigenvalue weighted by atomic mass is 10.1. The van der Waals surface area contributed by atoms with Gasteiger partial charge in [-0.05, 0) is 38.1 Å². The minimum absolute atomic E-state index is 0.0133. The number of pyridine rings is 1. The van der Waals surface area contributed by atoms with Gasteiger partial charge in [0.25, 0.3) is 5.91 Å². The Morgan fingerprint density at radius 1 is 1.26 bits per heavy atom. The van der Waals surface area contributed by atoms with Gasteiger partial charge in [0.2, 0.25) is 0 Å². The molecule has 8 nitrogen and oxygen atoms in total. The summed E-state index contributed by atoms with van der Waals surface area (Å²) in [4.78, 5) is 20.8. The fraction of sp³-hybridized carbons (Fsp3) is 0.263. The van der Waals surface area contributed by atoms with E-state index in [-0.39, 0.29) is 12.0 Å². The molecular weight excluding hydrogens is 346 g/mol. The van der Waals surface area contributed by atoms with Crippen molar-refractivity contribution in [2.24, 2.45) is 0 Å². The van der Waals surface area contributed by atoms with E-state index in [0.717, 1.165) is 5.56 Å². The normalized spacial score (nSPS) is 10.7. The maximum Gasteiger partial charge on any atom is 0.251 e. The molecule has 0 aliphatic rings. The van der Waals surface area contributed by atoms with Crippen molar-refractivity contribution in [2.75, 3.05) is 7.11 Å². The van der Waals surface area contributed by atoms with Crippen molar-refractivity contribution < 1.29 is 14.3 Å². The highest BCUT2D eigenvalue weighted by Crippen LogP contribution is 2.29. The fourth-order valence-electron chi connectivity index (χ4n) is 2.53. The van der Waals surface area contributed by atoms with Crippen LogP contribution >= 0.6 is 0 Å². The Hall–Kier alpha value is -3.42. The monoisotopic (exact) mass is 367 g/mol. The Labute approximate surface area is 157 Å². The molecule has 27 heavy (non-hydrogen) atoms. The first-order chi connectivity index (χ1) is 13.1. The fourth-order valence-corrected chi connectivity index (χ4v) is 2.53. The zero-order valence-electron chi connectivity index (χ0n) is 15.4. The number of hydrogen-bond donors (Lipinski definition) is 1. The maximum atomic E-state index is 12.6. The Morgan fingerprint density at radius 3 is 2.81 bits per heavy atom. The summed E-state index contributed by atoms with van der Waals surface area (Å²) in [6.07, 6.45) is 4.68. The Bertz CT molecular complexity index is 909. The highest BCUT2D eigenvalue weighted by molar-refractivity contribution is 5.94. The zero-order chi connectivity index (χ0) is 19.2. The molecule has 0 fully saturated rings. The lowest BCUT2D eigenvalue weighted by molar-refractivity contribution is 0.0950. The molecule has 0 radical (unpaired) electrons. The molecule has 1 amide bonds. The summed E-state index contributed by atoms with van der Waals surface area (Å²) in [5.41, 5.74) is 1.30. The number of aromatic nitrogens is 4. The molecule has 2 aromatic heterocycles. The summed E-state index contributed by atoms with van der Waals surface area (Å²) in [7, 11) is 1.55. The van der Waals surface area contributed by atoms with Crippen molar-refractivity contribution in [1.29, 1.82) is 0 Å². The molecule has 8 heteroatoms.